The maximum atomic E-state index is 5.48. The van der Waals surface area contributed by atoms with Gasteiger partial charge in [-0.1, -0.05) is 0 Å². The highest BCUT2D eigenvalue weighted by Crippen LogP contribution is 1.97. The molecule has 0 aliphatic carbocycles. The highest BCUT2D eigenvalue weighted by Gasteiger charge is 2.01. The van der Waals surface area contributed by atoms with Gasteiger partial charge >= 0.3 is 0 Å². The van der Waals surface area contributed by atoms with Gasteiger partial charge in [0.2, 0.25) is 0 Å². The van der Waals surface area contributed by atoms with Gasteiger partial charge in [0.15, 0.2) is 0 Å². The lowest BCUT2D eigenvalue weighted by molar-refractivity contribution is 0.0198. The van der Waals surface area contributed by atoms with Crippen molar-refractivity contribution in [3.63, 3.8) is 0 Å². The molecule has 0 N–H and O–H groups in total. The third-order valence-electron chi connectivity index (χ3n) is 1.67. The normalized spacial score (nSPS) is 13.8. The number of rotatable bonds is 7. The van der Waals surface area contributed by atoms with Gasteiger partial charge in [-0.3, -0.25) is 0 Å². The second-order valence-corrected chi connectivity index (χ2v) is 3.27. The van der Waals surface area contributed by atoms with Crippen LogP contribution >= 0.6 is 0 Å². The minimum Gasteiger partial charge on any atom is -0.382 e. The van der Waals surface area contributed by atoms with Crippen LogP contribution in [0.15, 0.2) is 0 Å². The van der Waals surface area contributed by atoms with Crippen molar-refractivity contribution in [2.75, 3.05) is 41.0 Å². The molecule has 0 aliphatic heterocycles. The zero-order valence-electron chi connectivity index (χ0n) is 8.67. The summed E-state index contributed by atoms with van der Waals surface area (Å²) in [5, 5.41) is 0. The lowest BCUT2D eigenvalue weighted by Crippen LogP contribution is -2.20. The largest absolute Gasteiger partial charge is 0.382 e. The van der Waals surface area contributed by atoms with E-state index in [-0.39, 0.29) is 0 Å². The molecule has 0 aromatic heterocycles. The first-order valence-corrected chi connectivity index (χ1v) is 4.42. The van der Waals surface area contributed by atoms with Crippen molar-refractivity contribution < 1.29 is 9.47 Å². The Morgan fingerprint density at radius 3 is 2.42 bits per heavy atom. The van der Waals surface area contributed by atoms with Crippen LogP contribution in [0.5, 0.6) is 0 Å². The molecule has 0 saturated carbocycles. The van der Waals surface area contributed by atoms with Gasteiger partial charge in [-0.05, 0) is 34.0 Å². The van der Waals surface area contributed by atoms with Crippen LogP contribution in [0.4, 0.5) is 0 Å². The molecule has 0 fully saturated rings. The highest BCUT2D eigenvalue weighted by molar-refractivity contribution is 4.52. The van der Waals surface area contributed by atoms with Crippen molar-refractivity contribution in [1.82, 2.24) is 4.90 Å². The van der Waals surface area contributed by atoms with Gasteiger partial charge in [0.05, 0.1) is 19.3 Å². The second kappa shape index (κ2) is 7.53. The Morgan fingerprint density at radius 1 is 1.25 bits per heavy atom. The molecule has 0 saturated heterocycles. The average molecular weight is 175 g/mol. The van der Waals surface area contributed by atoms with Gasteiger partial charge in [0.1, 0.15) is 0 Å². The number of methoxy groups -OCH3 is 1. The molecule has 0 bridgehead atoms. The van der Waals surface area contributed by atoms with E-state index in [0.29, 0.717) is 19.3 Å². The predicted molar refractivity (Wildman–Crippen MR) is 50.5 cm³/mol. The van der Waals surface area contributed by atoms with E-state index in [2.05, 4.69) is 25.9 Å². The van der Waals surface area contributed by atoms with Crippen molar-refractivity contribution in [1.29, 1.82) is 0 Å². The molecular formula is C9H21NO2. The summed E-state index contributed by atoms with van der Waals surface area (Å²) in [5.74, 6) is 0. The summed E-state index contributed by atoms with van der Waals surface area (Å²) >= 11 is 0. The van der Waals surface area contributed by atoms with Crippen LogP contribution in [0.25, 0.3) is 0 Å². The van der Waals surface area contributed by atoms with E-state index >= 15 is 0 Å². The number of hydrogen-bond donors (Lipinski definition) is 0. The Labute approximate surface area is 75.6 Å². The van der Waals surface area contributed by atoms with E-state index in [4.69, 9.17) is 9.47 Å². The lowest BCUT2D eigenvalue weighted by Gasteiger charge is -2.15. The second-order valence-electron chi connectivity index (χ2n) is 3.27. The maximum absolute atomic E-state index is 5.48. The standard InChI is InChI=1S/C9H21NO2/c1-9(5-6-10(2)3)12-8-7-11-4/h9H,5-8H2,1-4H3. The monoisotopic (exact) mass is 175 g/mol. The van der Waals surface area contributed by atoms with E-state index in [1.165, 1.54) is 0 Å². The first-order valence-electron chi connectivity index (χ1n) is 4.42. The van der Waals surface area contributed by atoms with Crippen LogP contribution in [-0.2, 0) is 9.47 Å². The molecule has 1 unspecified atom stereocenters. The summed E-state index contributed by atoms with van der Waals surface area (Å²) in [4.78, 5) is 2.16. The van der Waals surface area contributed by atoms with Crippen LogP contribution in [0.1, 0.15) is 13.3 Å². The van der Waals surface area contributed by atoms with Gasteiger partial charge in [-0.2, -0.15) is 0 Å². The Kier molecular flexibility index (Phi) is 7.45. The third kappa shape index (κ3) is 7.98. The predicted octanol–water partition coefficient (Wildman–Crippen LogP) is 0.990. The van der Waals surface area contributed by atoms with E-state index < -0.39 is 0 Å². The molecule has 0 spiro atoms. The maximum Gasteiger partial charge on any atom is 0.0703 e. The Morgan fingerprint density at radius 2 is 1.92 bits per heavy atom. The van der Waals surface area contributed by atoms with E-state index in [0.717, 1.165) is 13.0 Å². The van der Waals surface area contributed by atoms with E-state index in [1.807, 2.05) is 0 Å². The summed E-state index contributed by atoms with van der Waals surface area (Å²) in [6.07, 6.45) is 1.42. The molecule has 3 nitrogen and oxygen atoms in total. The molecular weight excluding hydrogens is 154 g/mol. The molecule has 0 amide bonds. The Bertz CT molecular complexity index is 96.5. The van der Waals surface area contributed by atoms with Gasteiger partial charge in [-0.25, -0.2) is 0 Å². The van der Waals surface area contributed by atoms with E-state index in [9.17, 15) is 0 Å². The molecule has 0 aromatic rings. The highest BCUT2D eigenvalue weighted by atomic mass is 16.5. The van der Waals surface area contributed by atoms with Crippen molar-refractivity contribution in [3.05, 3.63) is 0 Å². The fraction of sp³-hybridized carbons (Fsp3) is 1.00. The first-order chi connectivity index (χ1) is 5.66. The van der Waals surface area contributed by atoms with Crippen molar-refractivity contribution in [2.45, 2.75) is 19.4 Å². The number of ether oxygens (including phenoxy) is 2. The molecule has 0 heterocycles. The smallest absolute Gasteiger partial charge is 0.0703 e. The molecule has 0 aliphatic rings. The van der Waals surface area contributed by atoms with Crippen LogP contribution in [-0.4, -0.2) is 52.0 Å². The summed E-state index contributed by atoms with van der Waals surface area (Å²) in [5.41, 5.74) is 0. The third-order valence-corrected chi connectivity index (χ3v) is 1.67. The number of nitrogens with zero attached hydrogens (tertiary/aromatic N) is 1. The molecule has 12 heavy (non-hydrogen) atoms. The fourth-order valence-corrected chi connectivity index (χ4v) is 0.856. The van der Waals surface area contributed by atoms with Gasteiger partial charge in [-0.15, -0.1) is 0 Å². The zero-order valence-corrected chi connectivity index (χ0v) is 8.67. The molecule has 1 atom stereocenters. The first kappa shape index (κ1) is 11.9. The van der Waals surface area contributed by atoms with Gasteiger partial charge < -0.3 is 14.4 Å². The van der Waals surface area contributed by atoms with Crippen LogP contribution in [0, 0.1) is 0 Å². The Balaban J connectivity index is 3.15. The van der Waals surface area contributed by atoms with Crippen LogP contribution in [0.3, 0.4) is 0 Å². The molecule has 0 radical (unpaired) electrons. The van der Waals surface area contributed by atoms with Crippen molar-refractivity contribution >= 4 is 0 Å². The van der Waals surface area contributed by atoms with Crippen LogP contribution < -0.4 is 0 Å². The lowest BCUT2D eigenvalue weighted by atomic mass is 10.3. The average Bonchev–Trinajstić information content (AvgIpc) is 2.01. The zero-order chi connectivity index (χ0) is 9.40. The molecule has 74 valence electrons. The van der Waals surface area contributed by atoms with E-state index in [1.54, 1.807) is 7.11 Å². The minimum atomic E-state index is 0.336. The van der Waals surface area contributed by atoms with Gasteiger partial charge in [0, 0.05) is 7.11 Å². The summed E-state index contributed by atoms with van der Waals surface area (Å²) in [7, 11) is 5.83. The number of hydrogen-bond acceptors (Lipinski definition) is 3. The minimum absolute atomic E-state index is 0.336. The SMILES string of the molecule is COCCOC(C)CCN(C)C. The summed E-state index contributed by atoms with van der Waals surface area (Å²) in [6, 6.07) is 0. The quantitative estimate of drug-likeness (QED) is 0.539. The van der Waals surface area contributed by atoms with Gasteiger partial charge in [0.25, 0.3) is 0 Å². The van der Waals surface area contributed by atoms with Crippen LogP contribution in [0.2, 0.25) is 0 Å². The Hall–Kier alpha value is -0.120. The van der Waals surface area contributed by atoms with Crippen molar-refractivity contribution in [2.24, 2.45) is 0 Å². The summed E-state index contributed by atoms with van der Waals surface area (Å²) in [6.45, 7) is 4.56. The molecule has 0 aromatic carbocycles. The summed E-state index contributed by atoms with van der Waals surface area (Å²) < 4.78 is 10.4. The molecule has 0 rings (SSSR count). The fourth-order valence-electron chi connectivity index (χ4n) is 0.856. The van der Waals surface area contributed by atoms with Crippen molar-refractivity contribution in [3.8, 4) is 0 Å². The molecule has 3 heteroatoms. The topological polar surface area (TPSA) is 21.7 Å².